The van der Waals surface area contributed by atoms with Crippen LogP contribution in [0.1, 0.15) is 42.4 Å². The monoisotopic (exact) mass is 469 g/mol. The van der Waals surface area contributed by atoms with Crippen molar-refractivity contribution in [3.63, 3.8) is 0 Å². The number of nitriles is 1. The molecule has 0 radical (unpaired) electrons. The molecule has 2 aliphatic heterocycles. The molecule has 5 rings (SSSR count). The Morgan fingerprint density at radius 1 is 1.10 bits per heavy atom. The molecule has 0 bridgehead atoms. The molecule has 156 valence electrons. The van der Waals surface area contributed by atoms with Gasteiger partial charge in [-0.25, -0.2) is 4.39 Å². The summed E-state index contributed by atoms with van der Waals surface area (Å²) in [5.74, 6) is -0.432. The smallest absolute Gasteiger partial charge is 0.143 e. The van der Waals surface area contributed by atoms with E-state index in [2.05, 4.69) is 43.9 Å². The minimum atomic E-state index is -0.432. The Labute approximate surface area is 185 Å². The maximum absolute atomic E-state index is 14.0. The van der Waals surface area contributed by atoms with E-state index in [1.807, 2.05) is 12.1 Å². The summed E-state index contributed by atoms with van der Waals surface area (Å²) >= 11 is 3.68. The van der Waals surface area contributed by atoms with Crippen LogP contribution in [0.3, 0.4) is 0 Å². The summed E-state index contributed by atoms with van der Waals surface area (Å²) in [6, 6.07) is 13.9. The number of hydrogen-bond acceptors (Lipinski definition) is 4. The van der Waals surface area contributed by atoms with Crippen molar-refractivity contribution in [1.29, 1.82) is 5.26 Å². The molecule has 4 nitrogen and oxygen atoms in total. The van der Waals surface area contributed by atoms with E-state index in [1.54, 1.807) is 6.07 Å². The van der Waals surface area contributed by atoms with Crippen molar-refractivity contribution in [3.8, 4) is 6.07 Å². The van der Waals surface area contributed by atoms with Gasteiger partial charge in [-0.3, -0.25) is 4.90 Å². The van der Waals surface area contributed by atoms with Gasteiger partial charge in [0.2, 0.25) is 0 Å². The third-order valence-corrected chi connectivity index (χ3v) is 7.88. The van der Waals surface area contributed by atoms with Crippen LogP contribution >= 0.6 is 15.9 Å². The fourth-order valence-electron chi connectivity index (χ4n) is 5.40. The van der Waals surface area contributed by atoms with E-state index >= 15 is 0 Å². The van der Waals surface area contributed by atoms with Crippen molar-refractivity contribution >= 4 is 21.6 Å². The highest BCUT2D eigenvalue weighted by molar-refractivity contribution is 9.10. The van der Waals surface area contributed by atoms with Gasteiger partial charge in [-0.1, -0.05) is 28.1 Å². The van der Waals surface area contributed by atoms with Crippen LogP contribution in [-0.2, 0) is 16.9 Å². The van der Waals surface area contributed by atoms with Crippen molar-refractivity contribution in [2.75, 3.05) is 31.1 Å². The number of fused-ring (bicyclic) bond motifs is 2. The van der Waals surface area contributed by atoms with E-state index in [0.717, 1.165) is 62.0 Å². The predicted molar refractivity (Wildman–Crippen MR) is 118 cm³/mol. The van der Waals surface area contributed by atoms with Gasteiger partial charge in [0.05, 0.1) is 17.8 Å². The number of piperazine rings is 1. The first-order chi connectivity index (χ1) is 14.6. The fourth-order valence-corrected chi connectivity index (χ4v) is 5.89. The zero-order valence-corrected chi connectivity index (χ0v) is 18.5. The lowest BCUT2D eigenvalue weighted by molar-refractivity contribution is -0.0777. The number of nitrogens with zero attached hydrogens (tertiary/aromatic N) is 3. The first-order valence-corrected chi connectivity index (χ1v) is 11.5. The van der Waals surface area contributed by atoms with Crippen LogP contribution in [-0.4, -0.2) is 37.1 Å². The number of rotatable bonds is 2. The average Bonchev–Trinajstić information content (AvgIpc) is 3.14. The molecule has 3 aliphatic rings. The summed E-state index contributed by atoms with van der Waals surface area (Å²) in [6.45, 7) is 4.46. The standard InChI is InChI=1S/C24H25BrFN3O/c25-22-3-1-2-21-20(22)16-30-24(21)8-6-18(7-9-24)28-10-12-29(13-11-28)19-5-4-17(15-27)23(26)14-19/h1-5,14,18H,6-13,16H2. The minimum Gasteiger partial charge on any atom is -0.369 e. The van der Waals surface area contributed by atoms with Crippen molar-refractivity contribution in [2.24, 2.45) is 0 Å². The number of anilines is 1. The molecule has 0 N–H and O–H groups in total. The number of benzene rings is 2. The first-order valence-electron chi connectivity index (χ1n) is 10.7. The second kappa shape index (κ2) is 7.96. The van der Waals surface area contributed by atoms with E-state index in [0.29, 0.717) is 12.6 Å². The lowest BCUT2D eigenvalue weighted by atomic mass is 9.77. The summed E-state index contributed by atoms with van der Waals surface area (Å²) in [7, 11) is 0. The van der Waals surface area contributed by atoms with Crippen LogP contribution in [0.15, 0.2) is 40.9 Å². The van der Waals surface area contributed by atoms with E-state index in [9.17, 15) is 4.39 Å². The van der Waals surface area contributed by atoms with Crippen LogP contribution in [0.2, 0.25) is 0 Å². The summed E-state index contributed by atoms with van der Waals surface area (Å²) < 4.78 is 21.5. The molecule has 0 aromatic heterocycles. The zero-order valence-electron chi connectivity index (χ0n) is 16.9. The van der Waals surface area contributed by atoms with Gasteiger partial charge in [0.25, 0.3) is 0 Å². The number of halogens is 2. The van der Waals surface area contributed by atoms with E-state index in [-0.39, 0.29) is 11.2 Å². The van der Waals surface area contributed by atoms with E-state index in [1.165, 1.54) is 17.2 Å². The lowest BCUT2D eigenvalue weighted by Gasteiger charge is -2.45. The molecule has 2 fully saturated rings. The Kier molecular flexibility index (Phi) is 5.30. The van der Waals surface area contributed by atoms with Crippen LogP contribution in [0, 0.1) is 17.1 Å². The molecule has 0 unspecified atom stereocenters. The second-order valence-corrected chi connectivity index (χ2v) is 9.43. The SMILES string of the molecule is N#Cc1ccc(N2CCN(C3CCC4(CC3)OCc3c(Br)cccc34)CC2)cc1F. The Hall–Kier alpha value is -1.94. The first kappa shape index (κ1) is 20.0. The summed E-state index contributed by atoms with van der Waals surface area (Å²) in [4.78, 5) is 4.82. The van der Waals surface area contributed by atoms with Gasteiger partial charge < -0.3 is 9.64 Å². The van der Waals surface area contributed by atoms with Gasteiger partial charge >= 0.3 is 0 Å². The predicted octanol–water partition coefficient (Wildman–Crippen LogP) is 4.95. The molecule has 1 spiro atoms. The van der Waals surface area contributed by atoms with Gasteiger partial charge in [-0.15, -0.1) is 0 Å². The molecule has 0 atom stereocenters. The van der Waals surface area contributed by atoms with E-state index in [4.69, 9.17) is 10.00 Å². The van der Waals surface area contributed by atoms with Gasteiger partial charge in [-0.2, -0.15) is 5.26 Å². The Bertz CT molecular complexity index is 988. The van der Waals surface area contributed by atoms with Crippen LogP contribution in [0.5, 0.6) is 0 Å². The number of ether oxygens (including phenoxy) is 1. The summed E-state index contributed by atoms with van der Waals surface area (Å²) in [6.07, 6.45) is 4.44. The third-order valence-electron chi connectivity index (χ3n) is 7.13. The van der Waals surface area contributed by atoms with E-state index < -0.39 is 5.82 Å². The minimum absolute atomic E-state index is 0.0998. The largest absolute Gasteiger partial charge is 0.369 e. The van der Waals surface area contributed by atoms with Crippen LogP contribution < -0.4 is 4.90 Å². The molecule has 2 heterocycles. The summed E-state index contributed by atoms with van der Waals surface area (Å²) in [5, 5.41) is 8.92. The fraction of sp³-hybridized carbons (Fsp3) is 0.458. The van der Waals surface area contributed by atoms with Gasteiger partial charge in [-0.05, 0) is 61.1 Å². The molecule has 2 aromatic rings. The molecule has 1 saturated carbocycles. The molecular weight excluding hydrogens is 445 g/mol. The molecule has 6 heteroatoms. The zero-order chi connectivity index (χ0) is 20.7. The highest BCUT2D eigenvalue weighted by Crippen LogP contribution is 2.49. The van der Waals surface area contributed by atoms with Crippen molar-refractivity contribution in [1.82, 2.24) is 4.90 Å². The van der Waals surface area contributed by atoms with Crippen LogP contribution in [0.4, 0.5) is 10.1 Å². The van der Waals surface area contributed by atoms with Crippen molar-refractivity contribution in [2.45, 2.75) is 43.9 Å². The Morgan fingerprint density at radius 2 is 1.87 bits per heavy atom. The highest BCUT2D eigenvalue weighted by atomic mass is 79.9. The van der Waals surface area contributed by atoms with Crippen molar-refractivity contribution in [3.05, 3.63) is 63.4 Å². The molecule has 1 aliphatic carbocycles. The normalized spacial score (nSPS) is 26.6. The molecule has 0 amide bonds. The highest BCUT2D eigenvalue weighted by Gasteiger charge is 2.44. The average molecular weight is 470 g/mol. The summed E-state index contributed by atoms with van der Waals surface area (Å²) in [5.41, 5.74) is 3.58. The third kappa shape index (κ3) is 3.43. The lowest BCUT2D eigenvalue weighted by Crippen LogP contribution is -2.52. The molecule has 2 aromatic carbocycles. The number of hydrogen-bond donors (Lipinski definition) is 0. The van der Waals surface area contributed by atoms with Gasteiger partial charge in [0.15, 0.2) is 0 Å². The van der Waals surface area contributed by atoms with Gasteiger partial charge in [0, 0.05) is 42.4 Å². The maximum atomic E-state index is 14.0. The van der Waals surface area contributed by atoms with Crippen LogP contribution in [0.25, 0.3) is 0 Å². The maximum Gasteiger partial charge on any atom is 0.143 e. The Morgan fingerprint density at radius 3 is 2.57 bits per heavy atom. The quantitative estimate of drug-likeness (QED) is 0.623. The van der Waals surface area contributed by atoms with Crippen molar-refractivity contribution < 1.29 is 9.13 Å². The van der Waals surface area contributed by atoms with Gasteiger partial charge in [0.1, 0.15) is 11.9 Å². The molecular formula is C24H25BrFN3O. The molecule has 30 heavy (non-hydrogen) atoms. The second-order valence-electron chi connectivity index (χ2n) is 8.58. The topological polar surface area (TPSA) is 39.5 Å². The Balaban J connectivity index is 1.20. The molecule has 1 saturated heterocycles.